The first-order valence-electron chi connectivity index (χ1n) is 7.17. The van der Waals surface area contributed by atoms with Crippen LogP contribution in [0.15, 0.2) is 41.6 Å². The van der Waals surface area contributed by atoms with Gasteiger partial charge in [-0.3, -0.25) is 4.68 Å². The molecule has 2 rings (SSSR count). The second-order valence-electron chi connectivity index (χ2n) is 5.82. The Morgan fingerprint density at radius 2 is 1.86 bits per heavy atom. The van der Waals surface area contributed by atoms with Crippen LogP contribution in [0.1, 0.15) is 32.4 Å². The highest BCUT2D eigenvalue weighted by atomic mass is 32.2. The van der Waals surface area contributed by atoms with Gasteiger partial charge in [0.1, 0.15) is 0 Å². The predicted octanol–water partition coefficient (Wildman–Crippen LogP) is 2.36. The van der Waals surface area contributed by atoms with Crippen molar-refractivity contribution >= 4 is 15.7 Å². The third kappa shape index (κ3) is 4.32. The first kappa shape index (κ1) is 16.5. The third-order valence-corrected chi connectivity index (χ3v) is 4.21. The minimum absolute atomic E-state index is 0.0335. The Bertz CT molecular complexity index is 720. The first-order chi connectivity index (χ1) is 10.3. The molecule has 6 nitrogen and oxygen atoms in total. The molecule has 1 aromatic carbocycles. The number of hydrogen-bond donors (Lipinski definition) is 2. The van der Waals surface area contributed by atoms with Crippen LogP contribution in [0.2, 0.25) is 0 Å². The van der Waals surface area contributed by atoms with Crippen molar-refractivity contribution in [3.05, 3.63) is 42.2 Å². The van der Waals surface area contributed by atoms with Gasteiger partial charge in [-0.15, -0.1) is 0 Å². The third-order valence-electron chi connectivity index (χ3n) is 3.28. The van der Waals surface area contributed by atoms with Gasteiger partial charge in [0.15, 0.2) is 0 Å². The van der Waals surface area contributed by atoms with Crippen molar-refractivity contribution in [2.45, 2.75) is 38.3 Å². The monoisotopic (exact) mass is 322 g/mol. The van der Waals surface area contributed by atoms with E-state index in [1.54, 1.807) is 18.3 Å². The fourth-order valence-electron chi connectivity index (χ4n) is 2.19. The van der Waals surface area contributed by atoms with Gasteiger partial charge in [0.2, 0.25) is 10.0 Å². The molecule has 1 atom stereocenters. The number of benzene rings is 1. The Hall–Kier alpha value is -1.86. The summed E-state index contributed by atoms with van der Waals surface area (Å²) in [6, 6.07) is 6.59. The number of rotatable bonds is 6. The molecule has 120 valence electrons. The lowest BCUT2D eigenvalue weighted by Crippen LogP contribution is -2.12. The number of nitrogens with one attached hydrogen (secondary N) is 1. The quantitative estimate of drug-likeness (QED) is 0.854. The van der Waals surface area contributed by atoms with Gasteiger partial charge in [-0.1, -0.05) is 26.0 Å². The molecule has 1 heterocycles. The molecular weight excluding hydrogens is 300 g/mol. The molecule has 1 aromatic heterocycles. The van der Waals surface area contributed by atoms with Crippen LogP contribution in [0.5, 0.6) is 0 Å². The standard InChI is InChI=1S/C15H22N4O2S/c1-11(2)9-19-10-14(8-17-19)18-12(3)13-4-6-15(7-5-13)22(16,20)21/h4-8,10-12,18H,9H2,1-3H3,(H2,16,20,21)/t12-/m1/s1. The highest BCUT2D eigenvalue weighted by Crippen LogP contribution is 2.20. The Labute approximate surface area is 131 Å². The zero-order valence-corrected chi connectivity index (χ0v) is 13.8. The van der Waals surface area contributed by atoms with E-state index >= 15 is 0 Å². The van der Waals surface area contributed by atoms with Gasteiger partial charge >= 0.3 is 0 Å². The Morgan fingerprint density at radius 3 is 2.41 bits per heavy atom. The number of nitrogens with zero attached hydrogens (tertiary/aromatic N) is 2. The second kappa shape index (κ2) is 6.50. The summed E-state index contributed by atoms with van der Waals surface area (Å²) in [7, 11) is -3.65. The molecule has 0 bridgehead atoms. The Kier molecular flexibility index (Phi) is 4.87. The van der Waals surface area contributed by atoms with Crippen molar-refractivity contribution in [1.82, 2.24) is 9.78 Å². The van der Waals surface area contributed by atoms with E-state index < -0.39 is 10.0 Å². The Morgan fingerprint density at radius 1 is 1.23 bits per heavy atom. The minimum atomic E-state index is -3.65. The zero-order valence-electron chi connectivity index (χ0n) is 13.0. The molecule has 0 aliphatic rings. The van der Waals surface area contributed by atoms with Gasteiger partial charge < -0.3 is 5.32 Å². The van der Waals surface area contributed by atoms with E-state index in [1.165, 1.54) is 12.1 Å². The molecule has 0 saturated heterocycles. The van der Waals surface area contributed by atoms with Crippen molar-refractivity contribution in [3.8, 4) is 0 Å². The van der Waals surface area contributed by atoms with Crippen molar-refractivity contribution in [1.29, 1.82) is 0 Å². The van der Waals surface area contributed by atoms with Gasteiger partial charge in [0.25, 0.3) is 0 Å². The summed E-state index contributed by atoms with van der Waals surface area (Å²) >= 11 is 0. The van der Waals surface area contributed by atoms with Gasteiger partial charge in [-0.2, -0.15) is 5.10 Å². The molecule has 0 aliphatic carbocycles. The van der Waals surface area contributed by atoms with Crippen LogP contribution in [0, 0.1) is 5.92 Å². The van der Waals surface area contributed by atoms with Gasteiger partial charge in [-0.25, -0.2) is 13.6 Å². The molecule has 0 saturated carbocycles. The number of nitrogens with two attached hydrogens (primary N) is 1. The molecule has 0 aliphatic heterocycles. The fourth-order valence-corrected chi connectivity index (χ4v) is 2.71. The fraction of sp³-hybridized carbons (Fsp3) is 0.400. The van der Waals surface area contributed by atoms with Gasteiger partial charge in [0, 0.05) is 18.8 Å². The zero-order chi connectivity index (χ0) is 16.3. The first-order valence-corrected chi connectivity index (χ1v) is 8.72. The maximum Gasteiger partial charge on any atom is 0.238 e. The van der Waals surface area contributed by atoms with E-state index in [2.05, 4.69) is 24.3 Å². The van der Waals surface area contributed by atoms with E-state index in [4.69, 9.17) is 5.14 Å². The van der Waals surface area contributed by atoms with Crippen LogP contribution in [0.3, 0.4) is 0 Å². The average Bonchev–Trinajstić information content (AvgIpc) is 2.84. The van der Waals surface area contributed by atoms with E-state index in [0.717, 1.165) is 17.8 Å². The SMILES string of the molecule is CC(C)Cn1cc(N[C@H](C)c2ccc(S(N)(=O)=O)cc2)cn1. The molecule has 7 heteroatoms. The van der Waals surface area contributed by atoms with Crippen LogP contribution in [-0.2, 0) is 16.6 Å². The molecule has 0 unspecified atom stereocenters. The number of sulfonamides is 1. The molecule has 0 spiro atoms. The van der Waals surface area contributed by atoms with Crippen LogP contribution in [0.25, 0.3) is 0 Å². The van der Waals surface area contributed by atoms with Gasteiger partial charge in [0.05, 0.1) is 16.8 Å². The lowest BCUT2D eigenvalue weighted by molar-refractivity contribution is 0.483. The predicted molar refractivity (Wildman–Crippen MR) is 86.9 cm³/mol. The molecule has 22 heavy (non-hydrogen) atoms. The maximum atomic E-state index is 11.2. The summed E-state index contributed by atoms with van der Waals surface area (Å²) in [6.45, 7) is 7.17. The molecular formula is C15H22N4O2S. The van der Waals surface area contributed by atoms with Crippen LogP contribution < -0.4 is 10.5 Å². The molecule has 3 N–H and O–H groups in total. The highest BCUT2D eigenvalue weighted by Gasteiger charge is 2.10. The van der Waals surface area contributed by atoms with Crippen LogP contribution in [0.4, 0.5) is 5.69 Å². The summed E-state index contributed by atoms with van der Waals surface area (Å²) in [5, 5.41) is 12.7. The van der Waals surface area contributed by atoms with E-state index in [1.807, 2.05) is 17.8 Å². The minimum Gasteiger partial charge on any atom is -0.376 e. The molecule has 2 aromatic rings. The van der Waals surface area contributed by atoms with E-state index in [9.17, 15) is 8.42 Å². The summed E-state index contributed by atoms with van der Waals surface area (Å²) in [5.74, 6) is 0.538. The average molecular weight is 322 g/mol. The van der Waals surface area contributed by atoms with Crippen LogP contribution in [-0.4, -0.2) is 18.2 Å². The van der Waals surface area contributed by atoms with E-state index in [0.29, 0.717) is 5.92 Å². The topological polar surface area (TPSA) is 90.0 Å². The lowest BCUT2D eigenvalue weighted by Gasteiger charge is -2.14. The number of aromatic nitrogens is 2. The highest BCUT2D eigenvalue weighted by molar-refractivity contribution is 7.89. The van der Waals surface area contributed by atoms with Crippen molar-refractivity contribution < 1.29 is 8.42 Å². The van der Waals surface area contributed by atoms with Crippen LogP contribution >= 0.6 is 0 Å². The number of anilines is 1. The summed E-state index contributed by atoms with van der Waals surface area (Å²) in [4.78, 5) is 0.119. The van der Waals surface area contributed by atoms with Crippen molar-refractivity contribution in [2.75, 3.05) is 5.32 Å². The second-order valence-corrected chi connectivity index (χ2v) is 7.39. The summed E-state index contributed by atoms with van der Waals surface area (Å²) in [5.41, 5.74) is 1.91. The normalized spacial score (nSPS) is 13.3. The molecule has 0 radical (unpaired) electrons. The van der Waals surface area contributed by atoms with E-state index in [-0.39, 0.29) is 10.9 Å². The Balaban J connectivity index is 2.05. The summed E-state index contributed by atoms with van der Waals surface area (Å²) in [6.07, 6.45) is 3.76. The van der Waals surface area contributed by atoms with Gasteiger partial charge in [-0.05, 0) is 30.5 Å². The largest absolute Gasteiger partial charge is 0.376 e. The van der Waals surface area contributed by atoms with Crippen molar-refractivity contribution in [3.63, 3.8) is 0 Å². The lowest BCUT2D eigenvalue weighted by atomic mass is 10.1. The maximum absolute atomic E-state index is 11.2. The smallest absolute Gasteiger partial charge is 0.238 e. The van der Waals surface area contributed by atoms with Crippen molar-refractivity contribution in [2.24, 2.45) is 11.1 Å². The number of hydrogen-bond acceptors (Lipinski definition) is 4. The molecule has 0 amide bonds. The summed E-state index contributed by atoms with van der Waals surface area (Å²) < 4.78 is 24.4. The molecule has 0 fully saturated rings. The number of primary sulfonamides is 1.